The highest BCUT2D eigenvalue weighted by Gasteiger charge is 2.12. The van der Waals surface area contributed by atoms with Crippen LogP contribution in [0.5, 0.6) is 0 Å². The van der Waals surface area contributed by atoms with E-state index in [1.807, 2.05) is 22.6 Å². The van der Waals surface area contributed by atoms with Crippen LogP contribution in [-0.2, 0) is 14.3 Å². The summed E-state index contributed by atoms with van der Waals surface area (Å²) >= 11 is 2.01. The van der Waals surface area contributed by atoms with Gasteiger partial charge in [-0.05, 0) is 40.8 Å². The first-order valence-electron chi connectivity index (χ1n) is 5.44. The van der Waals surface area contributed by atoms with Crippen LogP contribution in [0.3, 0.4) is 0 Å². The predicted octanol–water partition coefficient (Wildman–Crippen LogP) is 1.59. The first-order chi connectivity index (χ1) is 9.04. The van der Waals surface area contributed by atoms with Gasteiger partial charge in [0.15, 0.2) is 0 Å². The van der Waals surface area contributed by atoms with Gasteiger partial charge in [0.25, 0.3) is 0 Å². The average molecular weight is 379 g/mol. The van der Waals surface area contributed by atoms with E-state index in [0.717, 1.165) is 3.57 Å². The van der Waals surface area contributed by atoms with Gasteiger partial charge in [0, 0.05) is 10.7 Å². The maximum Gasteiger partial charge on any atom is 0.337 e. The third kappa shape index (κ3) is 5.53. The van der Waals surface area contributed by atoms with E-state index in [1.165, 1.54) is 13.2 Å². The normalized spacial score (nSPS) is 10.2. The van der Waals surface area contributed by atoms with Gasteiger partial charge in [-0.3, -0.25) is 4.79 Å². The Hall–Kier alpha value is -1.19. The van der Waals surface area contributed by atoms with E-state index in [-0.39, 0.29) is 17.9 Å². The van der Waals surface area contributed by atoms with Crippen molar-refractivity contribution in [3.8, 4) is 0 Å². The fourth-order valence-corrected chi connectivity index (χ4v) is 1.79. The van der Waals surface area contributed by atoms with Crippen molar-refractivity contribution in [2.45, 2.75) is 0 Å². The Bertz CT molecular complexity index is 463. The van der Waals surface area contributed by atoms with Gasteiger partial charge < -0.3 is 19.9 Å². The molecule has 1 amide bonds. The number of amides is 1. The highest BCUT2D eigenvalue weighted by molar-refractivity contribution is 14.1. The SMILES string of the molecule is COCCOCC(=O)Nc1ccc(I)cc1C(=O)O. The van der Waals surface area contributed by atoms with Crippen molar-refractivity contribution in [3.63, 3.8) is 0 Å². The van der Waals surface area contributed by atoms with Crippen LogP contribution >= 0.6 is 22.6 Å². The molecule has 0 aliphatic heterocycles. The summed E-state index contributed by atoms with van der Waals surface area (Å²) in [5.74, 6) is -1.49. The number of methoxy groups -OCH3 is 1. The Morgan fingerprint density at radius 2 is 2.11 bits per heavy atom. The molecule has 0 spiro atoms. The Morgan fingerprint density at radius 1 is 1.37 bits per heavy atom. The average Bonchev–Trinajstić information content (AvgIpc) is 2.36. The van der Waals surface area contributed by atoms with Gasteiger partial charge in [-0.2, -0.15) is 0 Å². The van der Waals surface area contributed by atoms with Crippen molar-refractivity contribution in [2.24, 2.45) is 0 Å². The number of ether oxygens (including phenoxy) is 2. The number of rotatable bonds is 7. The number of carbonyl (C=O) groups excluding carboxylic acids is 1. The lowest BCUT2D eigenvalue weighted by molar-refractivity contribution is -0.121. The molecule has 0 atom stereocenters. The number of carboxylic acid groups (broad SMARTS) is 1. The summed E-state index contributed by atoms with van der Waals surface area (Å²) in [7, 11) is 1.54. The molecule has 1 rings (SSSR count). The molecule has 0 saturated heterocycles. The summed E-state index contributed by atoms with van der Waals surface area (Å²) in [6.45, 7) is 0.563. The van der Waals surface area contributed by atoms with Crippen LogP contribution in [0.4, 0.5) is 5.69 Å². The zero-order valence-corrected chi connectivity index (χ0v) is 12.5. The van der Waals surface area contributed by atoms with Crippen LogP contribution < -0.4 is 5.32 Å². The monoisotopic (exact) mass is 379 g/mol. The number of nitrogens with one attached hydrogen (secondary N) is 1. The standard InChI is InChI=1S/C12H14INO5/c1-18-4-5-19-7-11(15)14-10-3-2-8(13)6-9(10)12(16)17/h2-3,6H,4-5,7H2,1H3,(H,14,15)(H,16,17). The number of hydrogen-bond donors (Lipinski definition) is 2. The van der Waals surface area contributed by atoms with E-state index in [4.69, 9.17) is 14.6 Å². The highest BCUT2D eigenvalue weighted by atomic mass is 127. The summed E-state index contributed by atoms with van der Waals surface area (Å²) in [5, 5.41) is 11.6. The van der Waals surface area contributed by atoms with Crippen LogP contribution in [-0.4, -0.2) is 43.9 Å². The molecular weight excluding hydrogens is 365 g/mol. The van der Waals surface area contributed by atoms with Gasteiger partial charge in [-0.15, -0.1) is 0 Å². The number of halogens is 1. The van der Waals surface area contributed by atoms with Crippen LogP contribution in [0.25, 0.3) is 0 Å². The summed E-state index contributed by atoms with van der Waals surface area (Å²) in [4.78, 5) is 22.6. The Labute approximate surface area is 124 Å². The van der Waals surface area contributed by atoms with Crippen molar-refractivity contribution in [1.82, 2.24) is 0 Å². The fraction of sp³-hybridized carbons (Fsp3) is 0.333. The molecule has 0 fully saturated rings. The topological polar surface area (TPSA) is 84.9 Å². The number of aromatic carboxylic acids is 1. The summed E-state index contributed by atoms with van der Waals surface area (Å²) < 4.78 is 10.6. The van der Waals surface area contributed by atoms with Crippen LogP contribution in [0, 0.1) is 3.57 Å². The number of carboxylic acids is 1. The van der Waals surface area contributed by atoms with Gasteiger partial charge >= 0.3 is 5.97 Å². The van der Waals surface area contributed by atoms with Crippen LogP contribution in [0.1, 0.15) is 10.4 Å². The van der Waals surface area contributed by atoms with Crippen molar-refractivity contribution in [2.75, 3.05) is 32.2 Å². The molecule has 1 aromatic rings. The molecule has 6 nitrogen and oxygen atoms in total. The molecule has 19 heavy (non-hydrogen) atoms. The van der Waals surface area contributed by atoms with Gasteiger partial charge in [0.1, 0.15) is 6.61 Å². The van der Waals surface area contributed by atoms with Crippen molar-refractivity contribution in [1.29, 1.82) is 0 Å². The maximum atomic E-state index is 11.6. The lowest BCUT2D eigenvalue weighted by atomic mass is 10.2. The number of carbonyl (C=O) groups is 2. The summed E-state index contributed by atoms with van der Waals surface area (Å²) in [6, 6.07) is 4.76. The molecule has 0 radical (unpaired) electrons. The zero-order valence-electron chi connectivity index (χ0n) is 10.3. The summed E-state index contributed by atoms with van der Waals surface area (Å²) in [6.07, 6.45) is 0. The molecule has 1 aromatic carbocycles. The van der Waals surface area contributed by atoms with Gasteiger partial charge in [-0.25, -0.2) is 4.79 Å². The molecule has 0 aliphatic rings. The number of anilines is 1. The molecule has 0 heterocycles. The first-order valence-corrected chi connectivity index (χ1v) is 6.52. The molecular formula is C12H14INO5. The van der Waals surface area contributed by atoms with E-state index < -0.39 is 11.9 Å². The second-order valence-corrected chi connectivity index (χ2v) is 4.83. The minimum absolute atomic E-state index is 0.0529. The van der Waals surface area contributed by atoms with E-state index in [1.54, 1.807) is 12.1 Å². The maximum absolute atomic E-state index is 11.6. The predicted molar refractivity (Wildman–Crippen MR) is 77.4 cm³/mol. The zero-order chi connectivity index (χ0) is 14.3. The van der Waals surface area contributed by atoms with Gasteiger partial charge in [-0.1, -0.05) is 0 Å². The lowest BCUT2D eigenvalue weighted by Crippen LogP contribution is -2.21. The number of benzene rings is 1. The number of hydrogen-bond acceptors (Lipinski definition) is 4. The molecule has 7 heteroatoms. The molecule has 0 bridgehead atoms. The van der Waals surface area contributed by atoms with E-state index in [2.05, 4.69) is 5.32 Å². The Morgan fingerprint density at radius 3 is 2.74 bits per heavy atom. The quantitative estimate of drug-likeness (QED) is 0.555. The third-order valence-electron chi connectivity index (χ3n) is 2.15. The van der Waals surface area contributed by atoms with Crippen molar-refractivity contribution >= 4 is 40.2 Å². The second-order valence-electron chi connectivity index (χ2n) is 3.59. The smallest absolute Gasteiger partial charge is 0.337 e. The minimum Gasteiger partial charge on any atom is -0.478 e. The third-order valence-corrected chi connectivity index (χ3v) is 2.82. The summed E-state index contributed by atoms with van der Waals surface area (Å²) in [5.41, 5.74) is 0.311. The van der Waals surface area contributed by atoms with Gasteiger partial charge in [0.2, 0.25) is 5.91 Å². The van der Waals surface area contributed by atoms with Gasteiger partial charge in [0.05, 0.1) is 24.5 Å². The molecule has 0 aromatic heterocycles. The van der Waals surface area contributed by atoms with Crippen molar-refractivity contribution in [3.05, 3.63) is 27.3 Å². The largest absolute Gasteiger partial charge is 0.478 e. The Balaban J connectivity index is 2.61. The lowest BCUT2D eigenvalue weighted by Gasteiger charge is -2.09. The van der Waals surface area contributed by atoms with E-state index >= 15 is 0 Å². The molecule has 0 unspecified atom stereocenters. The fourth-order valence-electron chi connectivity index (χ4n) is 1.30. The molecule has 2 N–H and O–H groups in total. The molecule has 0 aliphatic carbocycles. The van der Waals surface area contributed by atoms with Crippen LogP contribution in [0.2, 0.25) is 0 Å². The van der Waals surface area contributed by atoms with Crippen molar-refractivity contribution < 1.29 is 24.2 Å². The van der Waals surface area contributed by atoms with E-state index in [9.17, 15) is 9.59 Å². The molecule has 104 valence electrons. The second kappa shape index (κ2) is 8.08. The first kappa shape index (κ1) is 15.9. The molecule has 0 saturated carbocycles. The minimum atomic E-state index is -1.09. The Kier molecular flexibility index (Phi) is 6.74. The van der Waals surface area contributed by atoms with E-state index in [0.29, 0.717) is 13.2 Å². The van der Waals surface area contributed by atoms with Crippen LogP contribution in [0.15, 0.2) is 18.2 Å². The highest BCUT2D eigenvalue weighted by Crippen LogP contribution is 2.18.